The van der Waals surface area contributed by atoms with Gasteiger partial charge >= 0.3 is 0 Å². The topological polar surface area (TPSA) is 0 Å². The van der Waals surface area contributed by atoms with Crippen molar-refractivity contribution in [2.75, 3.05) is 0 Å². The number of hydrogen-bond donors (Lipinski definition) is 0. The normalized spacial score (nSPS) is 50.9. The fourth-order valence-corrected chi connectivity index (χ4v) is 2.37. The second kappa shape index (κ2) is 1.66. The first-order valence-corrected chi connectivity index (χ1v) is 4.16. The molecule has 1 saturated carbocycles. The highest BCUT2D eigenvalue weighted by Gasteiger charge is 2.49. The van der Waals surface area contributed by atoms with Crippen molar-refractivity contribution >= 4 is 0 Å². The summed E-state index contributed by atoms with van der Waals surface area (Å²) in [6.45, 7) is 6.60. The van der Waals surface area contributed by atoms with Crippen molar-refractivity contribution in [2.24, 2.45) is 17.2 Å². The molecular weight excluding hydrogens is 120 g/mol. The Morgan fingerprint density at radius 3 is 2.80 bits per heavy atom. The van der Waals surface area contributed by atoms with Gasteiger partial charge in [-0.25, -0.2) is 0 Å². The lowest BCUT2D eigenvalue weighted by Crippen LogP contribution is -2.47. The van der Waals surface area contributed by atoms with Crippen molar-refractivity contribution in [3.05, 3.63) is 11.6 Å². The fraction of sp³-hybridized carbons (Fsp3) is 0.800. The standard InChI is InChI=1S/C10H16/c1-7-4-5-8-6-9(7)10(8,2)3/h4,8-9H,5-6H2,1-3H3/i9D. The molecule has 3 aliphatic rings. The van der Waals surface area contributed by atoms with Crippen molar-refractivity contribution in [3.63, 3.8) is 0 Å². The van der Waals surface area contributed by atoms with Gasteiger partial charge in [0.2, 0.25) is 0 Å². The van der Waals surface area contributed by atoms with E-state index >= 15 is 0 Å². The summed E-state index contributed by atoms with van der Waals surface area (Å²) in [5.41, 5.74) is 1.54. The molecule has 0 aromatic carbocycles. The minimum atomic E-state index is -0.212. The van der Waals surface area contributed by atoms with Gasteiger partial charge in [-0.05, 0) is 37.0 Å². The Morgan fingerprint density at radius 1 is 1.70 bits per heavy atom. The molecule has 2 unspecified atom stereocenters. The Bertz CT molecular complexity index is 227. The Morgan fingerprint density at radius 2 is 2.40 bits per heavy atom. The van der Waals surface area contributed by atoms with Crippen LogP contribution in [-0.4, -0.2) is 0 Å². The summed E-state index contributed by atoms with van der Waals surface area (Å²) in [6, 6.07) is 0. The molecule has 0 saturated heterocycles. The zero-order valence-corrected chi connectivity index (χ0v) is 7.07. The molecule has 3 aliphatic carbocycles. The summed E-state index contributed by atoms with van der Waals surface area (Å²) in [5, 5.41) is 0. The number of rotatable bonds is 0. The zero-order chi connectivity index (χ0) is 8.28. The van der Waals surface area contributed by atoms with Crippen LogP contribution in [0.3, 0.4) is 0 Å². The summed E-state index contributed by atoms with van der Waals surface area (Å²) >= 11 is 0. The fourth-order valence-electron chi connectivity index (χ4n) is 2.37. The monoisotopic (exact) mass is 137 g/mol. The molecule has 0 aromatic rings. The number of hydrogen-bond acceptors (Lipinski definition) is 0. The van der Waals surface area contributed by atoms with Crippen LogP contribution in [0.25, 0.3) is 0 Å². The van der Waals surface area contributed by atoms with Gasteiger partial charge in [0.15, 0.2) is 0 Å². The Labute approximate surface area is 64.7 Å². The van der Waals surface area contributed by atoms with Crippen molar-refractivity contribution in [2.45, 2.75) is 33.6 Å². The van der Waals surface area contributed by atoms with Gasteiger partial charge in [0.25, 0.3) is 0 Å². The minimum absolute atomic E-state index is 0.212. The highest BCUT2D eigenvalue weighted by Crippen LogP contribution is 2.58. The lowest BCUT2D eigenvalue weighted by Gasteiger charge is -2.56. The summed E-state index contributed by atoms with van der Waals surface area (Å²) in [5.74, 6) is 0.569. The summed E-state index contributed by atoms with van der Waals surface area (Å²) in [7, 11) is 0. The van der Waals surface area contributed by atoms with Gasteiger partial charge in [-0.1, -0.05) is 25.5 Å². The predicted octanol–water partition coefficient (Wildman–Crippen LogP) is 3.00. The number of allylic oxidation sites excluding steroid dienone is 2. The third-order valence-electron chi connectivity index (χ3n) is 3.43. The van der Waals surface area contributed by atoms with Crippen LogP contribution < -0.4 is 0 Å². The molecule has 0 nitrogen and oxygen atoms in total. The highest BCUT2D eigenvalue weighted by atomic mass is 14.5. The molecule has 0 heterocycles. The van der Waals surface area contributed by atoms with Gasteiger partial charge in [-0.3, -0.25) is 0 Å². The van der Waals surface area contributed by atoms with Gasteiger partial charge < -0.3 is 0 Å². The predicted molar refractivity (Wildman–Crippen MR) is 43.8 cm³/mol. The molecule has 0 spiro atoms. The average molecular weight is 137 g/mol. The lowest BCUT2D eigenvalue weighted by atomic mass is 9.49. The smallest absolute Gasteiger partial charge is 0.0354 e. The molecule has 1 fully saturated rings. The minimum Gasteiger partial charge on any atom is -0.0850 e. The van der Waals surface area contributed by atoms with E-state index in [1.165, 1.54) is 12.0 Å². The second-order valence-electron chi connectivity index (χ2n) is 4.22. The van der Waals surface area contributed by atoms with Gasteiger partial charge in [0.05, 0.1) is 0 Å². The van der Waals surface area contributed by atoms with Crippen molar-refractivity contribution in [1.82, 2.24) is 0 Å². The van der Waals surface area contributed by atoms with Crippen LogP contribution in [0.2, 0.25) is 0 Å². The molecule has 3 rings (SSSR count). The van der Waals surface area contributed by atoms with Crippen molar-refractivity contribution in [1.29, 1.82) is 0 Å². The summed E-state index contributed by atoms with van der Waals surface area (Å²) < 4.78 is 8.23. The van der Waals surface area contributed by atoms with Crippen LogP contribution in [0.4, 0.5) is 0 Å². The first-order valence-electron chi connectivity index (χ1n) is 4.66. The molecular formula is C10H16. The van der Waals surface area contributed by atoms with E-state index in [-0.39, 0.29) is 11.3 Å². The molecule has 2 atom stereocenters. The summed E-state index contributed by atoms with van der Waals surface area (Å²) in [6.07, 6.45) is 4.56. The molecule has 0 aromatic heterocycles. The van der Waals surface area contributed by atoms with Crippen LogP contribution in [0.5, 0.6) is 0 Å². The quantitative estimate of drug-likeness (QED) is 0.450. The molecule has 56 valence electrons. The Kier molecular flexibility index (Phi) is 0.898. The van der Waals surface area contributed by atoms with E-state index in [0.29, 0.717) is 0 Å². The van der Waals surface area contributed by atoms with E-state index in [4.69, 9.17) is 1.37 Å². The molecule has 0 heteroatoms. The number of fused-ring (bicyclic) bond motifs is 1. The van der Waals surface area contributed by atoms with E-state index in [2.05, 4.69) is 26.8 Å². The third-order valence-corrected chi connectivity index (χ3v) is 3.43. The first kappa shape index (κ1) is 5.40. The maximum atomic E-state index is 8.23. The van der Waals surface area contributed by atoms with Crippen LogP contribution in [0.15, 0.2) is 11.6 Å². The lowest BCUT2D eigenvalue weighted by molar-refractivity contribution is -0.00579. The van der Waals surface area contributed by atoms with E-state index in [0.717, 1.165) is 12.3 Å². The Hall–Kier alpha value is -0.260. The molecule has 0 amide bonds. The van der Waals surface area contributed by atoms with Crippen molar-refractivity contribution in [3.8, 4) is 0 Å². The van der Waals surface area contributed by atoms with Crippen LogP contribution in [0.1, 0.15) is 35.0 Å². The molecule has 0 aliphatic heterocycles. The van der Waals surface area contributed by atoms with Gasteiger partial charge in [-0.15, -0.1) is 0 Å². The maximum Gasteiger partial charge on any atom is 0.0354 e. The second-order valence-corrected chi connectivity index (χ2v) is 4.22. The van der Waals surface area contributed by atoms with E-state index in [9.17, 15) is 0 Å². The van der Waals surface area contributed by atoms with Crippen molar-refractivity contribution < 1.29 is 1.37 Å². The molecule has 0 radical (unpaired) electrons. The molecule has 2 bridgehead atoms. The van der Waals surface area contributed by atoms with Crippen LogP contribution in [-0.2, 0) is 0 Å². The highest BCUT2D eigenvalue weighted by molar-refractivity contribution is 5.21. The molecule has 0 N–H and O–H groups in total. The molecule has 10 heavy (non-hydrogen) atoms. The first-order chi connectivity index (χ1) is 4.98. The average Bonchev–Trinajstić information content (AvgIpc) is 1.94. The SMILES string of the molecule is [2H]C12CC(CC=C1C)C2(C)C. The largest absolute Gasteiger partial charge is 0.0850 e. The van der Waals surface area contributed by atoms with Crippen LogP contribution >= 0.6 is 0 Å². The van der Waals surface area contributed by atoms with Gasteiger partial charge in [0, 0.05) is 1.37 Å². The van der Waals surface area contributed by atoms with E-state index in [1.54, 1.807) is 0 Å². The maximum absolute atomic E-state index is 8.23. The third kappa shape index (κ3) is 0.574. The van der Waals surface area contributed by atoms with E-state index < -0.39 is 0 Å². The Balaban J connectivity index is 2.42. The van der Waals surface area contributed by atoms with Crippen LogP contribution in [0, 0.1) is 17.2 Å². The summed E-state index contributed by atoms with van der Waals surface area (Å²) in [4.78, 5) is 0. The zero-order valence-electron chi connectivity index (χ0n) is 8.07. The van der Waals surface area contributed by atoms with Gasteiger partial charge in [-0.2, -0.15) is 0 Å². The van der Waals surface area contributed by atoms with Gasteiger partial charge in [0.1, 0.15) is 0 Å². The van der Waals surface area contributed by atoms with E-state index in [1.807, 2.05) is 0 Å².